The van der Waals surface area contributed by atoms with Gasteiger partial charge in [-0.05, 0) is 43.2 Å². The predicted octanol–water partition coefficient (Wildman–Crippen LogP) is 3.16. The maximum Gasteiger partial charge on any atom is 0.0521 e. The van der Waals surface area contributed by atoms with Gasteiger partial charge < -0.3 is 5.32 Å². The summed E-state index contributed by atoms with van der Waals surface area (Å²) in [7, 11) is 2.01. The highest BCUT2D eigenvalue weighted by Gasteiger charge is 2.24. The van der Waals surface area contributed by atoms with Crippen molar-refractivity contribution in [3.05, 3.63) is 18.0 Å². The van der Waals surface area contributed by atoms with Gasteiger partial charge in [0.25, 0.3) is 0 Å². The first-order valence-electron chi connectivity index (χ1n) is 7.86. The Morgan fingerprint density at radius 2 is 2.00 bits per heavy atom. The molecule has 1 N–H and O–H groups in total. The van der Waals surface area contributed by atoms with Crippen LogP contribution in [0.4, 0.5) is 0 Å². The van der Waals surface area contributed by atoms with Gasteiger partial charge in [-0.3, -0.25) is 4.68 Å². The molecule has 3 nitrogen and oxygen atoms in total. The molecule has 1 aromatic rings. The van der Waals surface area contributed by atoms with E-state index >= 15 is 0 Å². The lowest BCUT2D eigenvalue weighted by Crippen LogP contribution is -2.32. The Bertz CT molecular complexity index is 370. The van der Waals surface area contributed by atoms with Gasteiger partial charge in [0, 0.05) is 19.3 Å². The SMILES string of the molecule is CC(C)NCC1CCCCCC1Cc1cnn(C)c1. The topological polar surface area (TPSA) is 29.9 Å². The van der Waals surface area contributed by atoms with Crippen LogP contribution in [0.2, 0.25) is 0 Å². The molecule has 2 unspecified atom stereocenters. The zero-order valence-corrected chi connectivity index (χ0v) is 12.7. The average molecular weight is 263 g/mol. The highest BCUT2D eigenvalue weighted by molar-refractivity contribution is 5.05. The van der Waals surface area contributed by atoms with Crippen molar-refractivity contribution in [2.24, 2.45) is 18.9 Å². The molecule has 0 aromatic carbocycles. The van der Waals surface area contributed by atoms with E-state index in [1.165, 1.54) is 50.6 Å². The number of hydrogen-bond donors (Lipinski definition) is 1. The number of nitrogens with zero attached hydrogens (tertiary/aromatic N) is 2. The molecule has 2 atom stereocenters. The van der Waals surface area contributed by atoms with E-state index in [2.05, 4.69) is 30.5 Å². The molecule has 19 heavy (non-hydrogen) atoms. The fourth-order valence-corrected chi connectivity index (χ4v) is 3.27. The van der Waals surface area contributed by atoms with Crippen molar-refractivity contribution in [3.63, 3.8) is 0 Å². The monoisotopic (exact) mass is 263 g/mol. The number of aromatic nitrogens is 2. The fraction of sp³-hybridized carbons (Fsp3) is 0.812. The molecule has 0 saturated heterocycles. The van der Waals surface area contributed by atoms with Crippen LogP contribution in [-0.4, -0.2) is 22.4 Å². The van der Waals surface area contributed by atoms with Crippen molar-refractivity contribution < 1.29 is 0 Å². The minimum atomic E-state index is 0.599. The predicted molar refractivity (Wildman–Crippen MR) is 80.1 cm³/mol. The second-order valence-electron chi connectivity index (χ2n) is 6.45. The molecule has 1 aromatic heterocycles. The van der Waals surface area contributed by atoms with Crippen LogP contribution in [0.3, 0.4) is 0 Å². The molecule has 0 radical (unpaired) electrons. The molecule has 1 fully saturated rings. The zero-order chi connectivity index (χ0) is 13.7. The van der Waals surface area contributed by atoms with E-state index in [-0.39, 0.29) is 0 Å². The Kier molecular flexibility index (Phi) is 5.44. The number of aryl methyl sites for hydroxylation is 1. The van der Waals surface area contributed by atoms with Crippen LogP contribution in [0.15, 0.2) is 12.4 Å². The Balaban J connectivity index is 1.95. The van der Waals surface area contributed by atoms with E-state index in [1.807, 2.05) is 17.9 Å². The maximum absolute atomic E-state index is 4.31. The summed E-state index contributed by atoms with van der Waals surface area (Å²) in [6.07, 6.45) is 12.4. The summed E-state index contributed by atoms with van der Waals surface area (Å²) in [6, 6.07) is 0.599. The lowest BCUT2D eigenvalue weighted by Gasteiger charge is -2.26. The van der Waals surface area contributed by atoms with Crippen LogP contribution < -0.4 is 5.32 Å². The standard InChI is InChI=1S/C16H29N3/c1-13(2)17-11-16-8-6-4-5-7-15(16)9-14-10-18-19(3)12-14/h10,12-13,15-17H,4-9,11H2,1-3H3. The van der Waals surface area contributed by atoms with E-state index in [0.29, 0.717) is 6.04 Å². The lowest BCUT2D eigenvalue weighted by molar-refractivity contribution is 0.291. The van der Waals surface area contributed by atoms with Crippen LogP contribution >= 0.6 is 0 Å². The van der Waals surface area contributed by atoms with Gasteiger partial charge in [0.05, 0.1) is 6.20 Å². The zero-order valence-electron chi connectivity index (χ0n) is 12.7. The van der Waals surface area contributed by atoms with Crippen molar-refractivity contribution in [2.75, 3.05) is 6.54 Å². The number of rotatable bonds is 5. The second kappa shape index (κ2) is 7.09. The van der Waals surface area contributed by atoms with Crippen molar-refractivity contribution in [2.45, 2.75) is 58.4 Å². The van der Waals surface area contributed by atoms with Crippen molar-refractivity contribution in [1.29, 1.82) is 0 Å². The fourth-order valence-electron chi connectivity index (χ4n) is 3.27. The van der Waals surface area contributed by atoms with E-state index < -0.39 is 0 Å². The van der Waals surface area contributed by atoms with Crippen LogP contribution in [0.1, 0.15) is 51.5 Å². The molecule has 1 saturated carbocycles. The molecule has 0 aliphatic heterocycles. The molecule has 0 spiro atoms. The van der Waals surface area contributed by atoms with Gasteiger partial charge >= 0.3 is 0 Å². The number of nitrogens with one attached hydrogen (secondary N) is 1. The average Bonchev–Trinajstić information content (AvgIpc) is 2.64. The highest BCUT2D eigenvalue weighted by atomic mass is 15.2. The van der Waals surface area contributed by atoms with Crippen molar-refractivity contribution >= 4 is 0 Å². The van der Waals surface area contributed by atoms with E-state index in [9.17, 15) is 0 Å². The summed E-state index contributed by atoms with van der Waals surface area (Å²) in [5.74, 6) is 1.67. The molecule has 0 amide bonds. The Morgan fingerprint density at radius 3 is 2.63 bits per heavy atom. The Morgan fingerprint density at radius 1 is 1.26 bits per heavy atom. The summed E-state index contributed by atoms with van der Waals surface area (Å²) in [4.78, 5) is 0. The Labute approximate surface area is 117 Å². The van der Waals surface area contributed by atoms with Crippen LogP contribution in [0.5, 0.6) is 0 Å². The van der Waals surface area contributed by atoms with Gasteiger partial charge in [-0.2, -0.15) is 5.10 Å². The Hall–Kier alpha value is -0.830. The minimum absolute atomic E-state index is 0.599. The summed E-state index contributed by atoms with van der Waals surface area (Å²) < 4.78 is 1.92. The minimum Gasteiger partial charge on any atom is -0.314 e. The van der Waals surface area contributed by atoms with Gasteiger partial charge in [-0.25, -0.2) is 0 Å². The van der Waals surface area contributed by atoms with E-state index in [4.69, 9.17) is 0 Å². The molecule has 108 valence electrons. The van der Waals surface area contributed by atoms with Crippen molar-refractivity contribution in [3.8, 4) is 0 Å². The molecule has 3 heteroatoms. The quantitative estimate of drug-likeness (QED) is 0.827. The first-order valence-corrected chi connectivity index (χ1v) is 7.86. The molecular formula is C16H29N3. The first kappa shape index (κ1) is 14.6. The second-order valence-corrected chi connectivity index (χ2v) is 6.45. The largest absolute Gasteiger partial charge is 0.314 e. The van der Waals surface area contributed by atoms with Crippen molar-refractivity contribution in [1.82, 2.24) is 15.1 Å². The maximum atomic E-state index is 4.31. The molecule has 1 aliphatic rings. The third-order valence-corrected chi connectivity index (χ3v) is 4.36. The summed E-state index contributed by atoms with van der Waals surface area (Å²) in [5.41, 5.74) is 1.41. The molecular weight excluding hydrogens is 234 g/mol. The van der Waals surface area contributed by atoms with Crippen LogP contribution in [0.25, 0.3) is 0 Å². The molecule has 1 aliphatic carbocycles. The van der Waals surface area contributed by atoms with Gasteiger partial charge in [0.15, 0.2) is 0 Å². The normalized spacial score (nSPS) is 24.6. The first-order chi connectivity index (χ1) is 9.15. The van der Waals surface area contributed by atoms with Gasteiger partial charge in [0.2, 0.25) is 0 Å². The number of hydrogen-bond acceptors (Lipinski definition) is 2. The smallest absolute Gasteiger partial charge is 0.0521 e. The summed E-state index contributed by atoms with van der Waals surface area (Å²) in [5, 5.41) is 7.95. The van der Waals surface area contributed by atoms with Crippen LogP contribution in [-0.2, 0) is 13.5 Å². The summed E-state index contributed by atoms with van der Waals surface area (Å²) >= 11 is 0. The lowest BCUT2D eigenvalue weighted by atomic mass is 9.83. The van der Waals surface area contributed by atoms with Gasteiger partial charge in [-0.15, -0.1) is 0 Å². The highest BCUT2D eigenvalue weighted by Crippen LogP contribution is 2.31. The van der Waals surface area contributed by atoms with Crippen LogP contribution in [0, 0.1) is 11.8 Å². The molecule has 0 bridgehead atoms. The van der Waals surface area contributed by atoms with E-state index in [0.717, 1.165) is 11.8 Å². The third-order valence-electron chi connectivity index (χ3n) is 4.36. The molecule has 1 heterocycles. The molecule has 2 rings (SSSR count). The third kappa shape index (κ3) is 4.64. The van der Waals surface area contributed by atoms with E-state index in [1.54, 1.807) is 0 Å². The summed E-state index contributed by atoms with van der Waals surface area (Å²) in [6.45, 7) is 5.67. The van der Waals surface area contributed by atoms with Gasteiger partial charge in [-0.1, -0.05) is 33.1 Å². The van der Waals surface area contributed by atoms with Gasteiger partial charge in [0.1, 0.15) is 0 Å².